The van der Waals surface area contributed by atoms with Crippen molar-refractivity contribution in [3.05, 3.63) is 31.5 Å². The molecule has 0 aliphatic carbocycles. The Hall–Kier alpha value is -0.370. The lowest BCUT2D eigenvalue weighted by atomic mass is 10.2. The summed E-state index contributed by atoms with van der Waals surface area (Å²) >= 11 is 13.5. The fraction of sp³-hybridized carbons (Fsp3) is 0.286. The molecule has 7 heteroatoms. The fourth-order valence-corrected chi connectivity index (χ4v) is 4.68. The maximum absolute atomic E-state index is 12.4. The summed E-state index contributed by atoms with van der Waals surface area (Å²) in [5.74, 6) is 0.656. The van der Waals surface area contributed by atoms with Gasteiger partial charge in [0, 0.05) is 16.6 Å². The molecule has 112 valence electrons. The van der Waals surface area contributed by atoms with Crippen LogP contribution in [0.25, 0.3) is 6.08 Å². The molecule has 1 aromatic rings. The molecule has 0 N–H and O–H groups in total. The third-order valence-electron chi connectivity index (χ3n) is 2.85. The molecule has 1 heterocycles. The minimum atomic E-state index is -0.0370. The van der Waals surface area contributed by atoms with Gasteiger partial charge in [0.25, 0.3) is 5.91 Å². The second-order valence-electron chi connectivity index (χ2n) is 4.34. The van der Waals surface area contributed by atoms with E-state index >= 15 is 0 Å². The number of hydrogen-bond acceptors (Lipinski definition) is 4. The number of thiocarbonyl (C=S) groups is 1. The Labute approximate surface area is 150 Å². The largest absolute Gasteiger partial charge is 0.495 e. The number of amides is 1. The van der Waals surface area contributed by atoms with Gasteiger partial charge < -0.3 is 4.74 Å². The van der Waals surface area contributed by atoms with Gasteiger partial charge in [0.15, 0.2) is 0 Å². The molecule has 21 heavy (non-hydrogen) atoms. The zero-order valence-corrected chi connectivity index (χ0v) is 16.3. The van der Waals surface area contributed by atoms with Crippen molar-refractivity contribution in [2.75, 3.05) is 13.7 Å². The van der Waals surface area contributed by atoms with Crippen molar-refractivity contribution in [3.63, 3.8) is 0 Å². The Morgan fingerprint density at radius 3 is 2.76 bits per heavy atom. The molecule has 2 rings (SSSR count). The Morgan fingerprint density at radius 1 is 1.43 bits per heavy atom. The minimum absolute atomic E-state index is 0.0370. The molecule has 0 unspecified atom stereocenters. The van der Waals surface area contributed by atoms with E-state index in [1.54, 1.807) is 12.0 Å². The summed E-state index contributed by atoms with van der Waals surface area (Å²) in [5, 5.41) is 0. The normalized spacial score (nSPS) is 17.0. The van der Waals surface area contributed by atoms with Crippen LogP contribution in [0.2, 0.25) is 0 Å². The standard InChI is InChI=1S/C14H13Br2NO2S2/c1-3-4-17-13(18)11(21-14(17)20)6-8-5-9(15)7-10(16)12(8)19-2/h5-7H,3-4H2,1-2H3. The summed E-state index contributed by atoms with van der Waals surface area (Å²) in [5.41, 5.74) is 0.829. The smallest absolute Gasteiger partial charge is 0.266 e. The summed E-state index contributed by atoms with van der Waals surface area (Å²) in [4.78, 5) is 14.6. The van der Waals surface area contributed by atoms with Crippen LogP contribution in [0.4, 0.5) is 0 Å². The Balaban J connectivity index is 2.41. The van der Waals surface area contributed by atoms with Gasteiger partial charge in [0.1, 0.15) is 10.1 Å². The van der Waals surface area contributed by atoms with Gasteiger partial charge in [-0.15, -0.1) is 0 Å². The van der Waals surface area contributed by atoms with Gasteiger partial charge >= 0.3 is 0 Å². The second-order valence-corrected chi connectivity index (χ2v) is 7.79. The summed E-state index contributed by atoms with van der Waals surface area (Å²) in [7, 11) is 1.60. The average molecular weight is 451 g/mol. The predicted octanol–water partition coefficient (Wildman–Crippen LogP) is 4.83. The van der Waals surface area contributed by atoms with Crippen molar-refractivity contribution >= 4 is 72.1 Å². The molecule has 1 aromatic carbocycles. The maximum Gasteiger partial charge on any atom is 0.266 e. The second kappa shape index (κ2) is 7.26. The zero-order valence-electron chi connectivity index (χ0n) is 11.5. The first-order valence-corrected chi connectivity index (χ1v) is 9.07. The van der Waals surface area contributed by atoms with E-state index in [4.69, 9.17) is 17.0 Å². The number of carbonyl (C=O) groups is 1. The quantitative estimate of drug-likeness (QED) is 0.485. The SMILES string of the molecule is CCCN1C(=O)C(=Cc2cc(Br)cc(Br)c2OC)SC1=S. The molecule has 0 saturated carbocycles. The molecule has 1 aliphatic heterocycles. The van der Waals surface area contributed by atoms with E-state index < -0.39 is 0 Å². The van der Waals surface area contributed by atoms with Crippen molar-refractivity contribution in [2.24, 2.45) is 0 Å². The molecule has 0 aromatic heterocycles. The van der Waals surface area contributed by atoms with Gasteiger partial charge in [-0.05, 0) is 40.6 Å². The van der Waals surface area contributed by atoms with Crippen molar-refractivity contribution in [2.45, 2.75) is 13.3 Å². The molecular weight excluding hydrogens is 438 g/mol. The molecule has 0 spiro atoms. The van der Waals surface area contributed by atoms with Crippen LogP contribution in [-0.2, 0) is 4.79 Å². The number of ether oxygens (including phenoxy) is 1. The Bertz CT molecular complexity index is 632. The highest BCUT2D eigenvalue weighted by molar-refractivity contribution is 9.11. The first-order chi connectivity index (χ1) is 9.97. The molecular formula is C14H13Br2NO2S2. The summed E-state index contributed by atoms with van der Waals surface area (Å²) in [6.45, 7) is 2.68. The topological polar surface area (TPSA) is 29.5 Å². The molecule has 1 fully saturated rings. The van der Waals surface area contributed by atoms with Crippen LogP contribution in [0.3, 0.4) is 0 Å². The molecule has 3 nitrogen and oxygen atoms in total. The predicted molar refractivity (Wildman–Crippen MR) is 98.6 cm³/mol. The van der Waals surface area contributed by atoms with E-state index in [-0.39, 0.29) is 5.91 Å². The van der Waals surface area contributed by atoms with Gasteiger partial charge in [0.2, 0.25) is 0 Å². The van der Waals surface area contributed by atoms with E-state index in [1.165, 1.54) is 11.8 Å². The molecule has 0 bridgehead atoms. The summed E-state index contributed by atoms with van der Waals surface area (Å²) < 4.78 is 7.75. The number of halogens is 2. The van der Waals surface area contributed by atoms with E-state index in [0.29, 0.717) is 21.5 Å². The van der Waals surface area contributed by atoms with Crippen LogP contribution in [-0.4, -0.2) is 28.8 Å². The highest BCUT2D eigenvalue weighted by Crippen LogP contribution is 2.38. The first kappa shape index (κ1) is 17.0. The third kappa shape index (κ3) is 3.70. The fourth-order valence-electron chi connectivity index (χ4n) is 1.96. The maximum atomic E-state index is 12.4. The van der Waals surface area contributed by atoms with Crippen LogP contribution >= 0.6 is 55.8 Å². The Morgan fingerprint density at radius 2 is 2.14 bits per heavy atom. The number of rotatable bonds is 4. The lowest BCUT2D eigenvalue weighted by Gasteiger charge is -2.12. The summed E-state index contributed by atoms with van der Waals surface area (Å²) in [6, 6.07) is 3.81. The first-order valence-electron chi connectivity index (χ1n) is 6.26. The van der Waals surface area contributed by atoms with Crippen LogP contribution in [0.1, 0.15) is 18.9 Å². The lowest BCUT2D eigenvalue weighted by molar-refractivity contribution is -0.122. The summed E-state index contributed by atoms with van der Waals surface area (Å²) in [6.07, 6.45) is 2.70. The van der Waals surface area contributed by atoms with Gasteiger partial charge in [-0.2, -0.15) is 0 Å². The average Bonchev–Trinajstić information content (AvgIpc) is 2.66. The zero-order chi connectivity index (χ0) is 15.6. The molecule has 0 atom stereocenters. The number of hydrogen-bond donors (Lipinski definition) is 0. The monoisotopic (exact) mass is 449 g/mol. The van der Waals surface area contributed by atoms with E-state index in [2.05, 4.69) is 31.9 Å². The van der Waals surface area contributed by atoms with Gasteiger partial charge in [0.05, 0.1) is 16.5 Å². The number of thioether (sulfide) groups is 1. The minimum Gasteiger partial charge on any atom is -0.495 e. The lowest BCUT2D eigenvalue weighted by Crippen LogP contribution is -2.28. The molecule has 1 aliphatic rings. The van der Waals surface area contributed by atoms with E-state index in [9.17, 15) is 4.79 Å². The molecule has 0 radical (unpaired) electrons. The van der Waals surface area contributed by atoms with E-state index in [1.807, 2.05) is 25.1 Å². The molecule has 1 saturated heterocycles. The van der Waals surface area contributed by atoms with Crippen LogP contribution in [0, 0.1) is 0 Å². The van der Waals surface area contributed by atoms with Crippen molar-refractivity contribution in [1.82, 2.24) is 4.90 Å². The Kier molecular flexibility index (Phi) is 5.88. The van der Waals surface area contributed by atoms with Gasteiger partial charge in [-0.25, -0.2) is 0 Å². The van der Waals surface area contributed by atoms with Crippen LogP contribution in [0.15, 0.2) is 26.0 Å². The van der Waals surface area contributed by atoms with E-state index in [0.717, 1.165) is 20.9 Å². The van der Waals surface area contributed by atoms with Crippen LogP contribution in [0.5, 0.6) is 5.75 Å². The molecule has 1 amide bonds. The van der Waals surface area contributed by atoms with Crippen molar-refractivity contribution < 1.29 is 9.53 Å². The highest BCUT2D eigenvalue weighted by atomic mass is 79.9. The van der Waals surface area contributed by atoms with Gasteiger partial charge in [-0.3, -0.25) is 9.69 Å². The van der Waals surface area contributed by atoms with Crippen LogP contribution < -0.4 is 4.74 Å². The van der Waals surface area contributed by atoms with Gasteiger partial charge in [-0.1, -0.05) is 46.8 Å². The number of nitrogens with zero attached hydrogens (tertiary/aromatic N) is 1. The number of benzene rings is 1. The third-order valence-corrected chi connectivity index (χ3v) is 5.27. The number of carbonyl (C=O) groups excluding carboxylic acids is 1. The van der Waals surface area contributed by atoms with Crippen molar-refractivity contribution in [3.8, 4) is 5.75 Å². The van der Waals surface area contributed by atoms with Crippen molar-refractivity contribution in [1.29, 1.82) is 0 Å². The highest BCUT2D eigenvalue weighted by Gasteiger charge is 2.31. The number of methoxy groups -OCH3 is 1.